The van der Waals surface area contributed by atoms with Crippen molar-refractivity contribution in [1.82, 2.24) is 9.88 Å². The molecular weight excluding hydrogens is 416 g/mol. The topological polar surface area (TPSA) is 77.7 Å². The summed E-state index contributed by atoms with van der Waals surface area (Å²) in [6.07, 6.45) is 4.44. The van der Waals surface area contributed by atoms with Crippen molar-refractivity contribution >= 4 is 34.1 Å². The van der Waals surface area contributed by atoms with Gasteiger partial charge in [-0.15, -0.1) is 0 Å². The Kier molecular flexibility index (Phi) is 6.05. The summed E-state index contributed by atoms with van der Waals surface area (Å²) in [5.41, 5.74) is 5.93. The summed E-state index contributed by atoms with van der Waals surface area (Å²) in [6, 6.07) is 13.7. The van der Waals surface area contributed by atoms with Crippen molar-refractivity contribution < 1.29 is 14.3 Å². The molecule has 2 heterocycles. The second-order valence-electron chi connectivity index (χ2n) is 8.87. The molecule has 0 bridgehead atoms. The number of para-hydroxylation sites is 1. The molecule has 0 atom stereocenters. The molecule has 0 radical (unpaired) electrons. The number of ether oxygens (including phenoxy) is 1. The number of hydrogen-bond acceptors (Lipinski definition) is 4. The van der Waals surface area contributed by atoms with Gasteiger partial charge in [-0.05, 0) is 61.6 Å². The molecule has 0 saturated carbocycles. The molecule has 2 amide bonds. The van der Waals surface area contributed by atoms with E-state index in [1.54, 1.807) is 7.05 Å². The Balaban J connectivity index is 1.24. The van der Waals surface area contributed by atoms with Gasteiger partial charge in [0.05, 0.1) is 30.8 Å². The third kappa shape index (κ3) is 4.46. The van der Waals surface area contributed by atoms with Gasteiger partial charge in [0.25, 0.3) is 5.91 Å². The molecule has 172 valence electrons. The van der Waals surface area contributed by atoms with E-state index in [9.17, 15) is 9.59 Å². The number of hydrogen-bond donors (Lipinski definition) is 2. The van der Waals surface area contributed by atoms with E-state index in [1.807, 2.05) is 36.4 Å². The van der Waals surface area contributed by atoms with Crippen LogP contribution in [0.1, 0.15) is 34.5 Å². The number of aryl methyl sites for hydroxylation is 2. The number of amides is 2. The summed E-state index contributed by atoms with van der Waals surface area (Å²) < 4.78 is 5.40. The molecule has 1 aliphatic heterocycles. The number of morpholine rings is 1. The van der Waals surface area contributed by atoms with E-state index < -0.39 is 0 Å². The van der Waals surface area contributed by atoms with Gasteiger partial charge in [-0.25, -0.2) is 0 Å². The van der Waals surface area contributed by atoms with Crippen molar-refractivity contribution in [3.63, 3.8) is 0 Å². The highest BCUT2D eigenvalue weighted by molar-refractivity contribution is 6.08. The molecule has 3 aromatic rings. The minimum Gasteiger partial charge on any atom is -0.378 e. The van der Waals surface area contributed by atoms with Gasteiger partial charge in [-0.2, -0.15) is 0 Å². The molecule has 1 aromatic heterocycles. The van der Waals surface area contributed by atoms with E-state index >= 15 is 0 Å². The van der Waals surface area contributed by atoms with Crippen LogP contribution in [0, 0.1) is 0 Å². The van der Waals surface area contributed by atoms with E-state index in [2.05, 4.69) is 21.3 Å². The third-order valence-corrected chi connectivity index (χ3v) is 6.62. The third-order valence-electron chi connectivity index (χ3n) is 6.62. The summed E-state index contributed by atoms with van der Waals surface area (Å²) in [6.45, 7) is 3.19. The summed E-state index contributed by atoms with van der Waals surface area (Å²) in [5.74, 6) is -0.375. The number of carbonyl (C=O) groups excluding carboxylic acids is 2. The van der Waals surface area contributed by atoms with Crippen molar-refractivity contribution in [3.8, 4) is 0 Å². The van der Waals surface area contributed by atoms with Crippen molar-refractivity contribution in [2.75, 3.05) is 50.1 Å². The van der Waals surface area contributed by atoms with Crippen molar-refractivity contribution in [2.24, 2.45) is 0 Å². The Morgan fingerprint density at radius 2 is 1.82 bits per heavy atom. The lowest BCUT2D eigenvalue weighted by Crippen LogP contribution is -2.36. The van der Waals surface area contributed by atoms with Crippen LogP contribution in [0.5, 0.6) is 0 Å². The fourth-order valence-electron chi connectivity index (χ4n) is 4.88. The average Bonchev–Trinajstić information content (AvgIpc) is 3.23. The predicted molar refractivity (Wildman–Crippen MR) is 130 cm³/mol. The minimum absolute atomic E-state index is 0.0130. The Morgan fingerprint density at radius 1 is 1.06 bits per heavy atom. The van der Waals surface area contributed by atoms with Crippen LogP contribution in [0.3, 0.4) is 0 Å². The highest BCUT2D eigenvalue weighted by atomic mass is 16.5. The summed E-state index contributed by atoms with van der Waals surface area (Å²) in [7, 11) is 1.67. The van der Waals surface area contributed by atoms with Gasteiger partial charge in [0.15, 0.2) is 0 Å². The zero-order valence-corrected chi connectivity index (χ0v) is 19.0. The predicted octanol–water partition coefficient (Wildman–Crippen LogP) is 3.59. The molecule has 0 spiro atoms. The average molecular weight is 447 g/mol. The lowest BCUT2D eigenvalue weighted by molar-refractivity contribution is -0.116. The molecule has 5 rings (SSSR count). The molecule has 1 aliphatic carbocycles. The van der Waals surface area contributed by atoms with Crippen molar-refractivity contribution in [1.29, 1.82) is 0 Å². The van der Waals surface area contributed by atoms with Crippen molar-refractivity contribution in [2.45, 2.75) is 25.7 Å². The number of benzene rings is 2. The molecule has 7 nitrogen and oxygen atoms in total. The standard InChI is InChI=1S/C26H30N4O3/c1-29(17-24(31)27-18-9-11-19(12-10-18)30-13-15-33-16-14-30)26(32)22-7-4-6-21-20-5-2-3-8-23(20)28-25(21)22/h4,6-7,9-12,28H,2-3,5,8,13-17H2,1H3,(H,27,31). The fourth-order valence-corrected chi connectivity index (χ4v) is 4.88. The number of nitrogens with zero attached hydrogens (tertiary/aromatic N) is 2. The van der Waals surface area contributed by atoms with Crippen LogP contribution in [-0.4, -0.2) is 61.6 Å². The highest BCUT2D eigenvalue weighted by Gasteiger charge is 2.22. The van der Waals surface area contributed by atoms with Gasteiger partial charge < -0.3 is 24.8 Å². The number of carbonyl (C=O) groups is 2. The smallest absolute Gasteiger partial charge is 0.256 e. The number of likely N-dealkylation sites (N-methyl/N-ethyl adjacent to an activating group) is 1. The zero-order valence-electron chi connectivity index (χ0n) is 19.0. The van der Waals surface area contributed by atoms with Crippen LogP contribution in [0.4, 0.5) is 11.4 Å². The maximum absolute atomic E-state index is 13.2. The number of nitrogens with one attached hydrogen (secondary N) is 2. The minimum atomic E-state index is -0.220. The van der Waals surface area contributed by atoms with Gasteiger partial charge in [0, 0.05) is 42.6 Å². The van der Waals surface area contributed by atoms with E-state index in [0.29, 0.717) is 5.56 Å². The van der Waals surface area contributed by atoms with E-state index in [4.69, 9.17) is 4.74 Å². The number of fused-ring (bicyclic) bond motifs is 3. The van der Waals surface area contributed by atoms with Gasteiger partial charge in [0.2, 0.25) is 5.91 Å². The summed E-state index contributed by atoms with van der Waals surface area (Å²) in [5, 5.41) is 4.04. The van der Waals surface area contributed by atoms with Crippen LogP contribution in [0.25, 0.3) is 10.9 Å². The normalized spacial score (nSPS) is 15.8. The van der Waals surface area contributed by atoms with Crippen molar-refractivity contribution in [3.05, 3.63) is 59.3 Å². The molecule has 1 fully saturated rings. The maximum atomic E-state index is 13.2. The lowest BCUT2D eigenvalue weighted by Gasteiger charge is -2.28. The quantitative estimate of drug-likeness (QED) is 0.628. The van der Waals surface area contributed by atoms with E-state index in [-0.39, 0.29) is 18.4 Å². The molecular formula is C26H30N4O3. The first-order chi connectivity index (χ1) is 16.1. The first-order valence-corrected chi connectivity index (χ1v) is 11.7. The van der Waals surface area contributed by atoms with Gasteiger partial charge in [-0.3, -0.25) is 9.59 Å². The monoisotopic (exact) mass is 446 g/mol. The van der Waals surface area contributed by atoms with Crippen LogP contribution in [0.2, 0.25) is 0 Å². The van der Waals surface area contributed by atoms with E-state index in [1.165, 1.54) is 29.0 Å². The SMILES string of the molecule is CN(CC(=O)Nc1ccc(N2CCOCC2)cc1)C(=O)c1cccc2c3c([nH]c12)CCCC3. The van der Waals surface area contributed by atoms with Crippen LogP contribution < -0.4 is 10.2 Å². The molecule has 2 aromatic carbocycles. The number of anilines is 2. The first kappa shape index (κ1) is 21.5. The van der Waals surface area contributed by atoms with Gasteiger partial charge >= 0.3 is 0 Å². The Morgan fingerprint density at radius 3 is 2.61 bits per heavy atom. The molecule has 0 unspecified atom stereocenters. The second kappa shape index (κ2) is 9.27. The van der Waals surface area contributed by atoms with Crippen LogP contribution in [0.15, 0.2) is 42.5 Å². The second-order valence-corrected chi connectivity index (χ2v) is 8.87. The number of aromatic nitrogens is 1. The van der Waals surface area contributed by atoms with Crippen LogP contribution in [-0.2, 0) is 22.4 Å². The Labute approximate surface area is 193 Å². The fraction of sp³-hybridized carbons (Fsp3) is 0.385. The molecule has 1 saturated heterocycles. The number of rotatable bonds is 5. The lowest BCUT2D eigenvalue weighted by atomic mass is 9.95. The van der Waals surface area contributed by atoms with Gasteiger partial charge in [0.1, 0.15) is 0 Å². The largest absolute Gasteiger partial charge is 0.378 e. The summed E-state index contributed by atoms with van der Waals surface area (Å²) in [4.78, 5) is 33.0. The number of aromatic amines is 1. The molecule has 2 aliphatic rings. The zero-order chi connectivity index (χ0) is 22.8. The Hall–Kier alpha value is -3.32. The maximum Gasteiger partial charge on any atom is 0.256 e. The summed E-state index contributed by atoms with van der Waals surface area (Å²) >= 11 is 0. The number of H-pyrrole nitrogens is 1. The van der Waals surface area contributed by atoms with E-state index in [0.717, 1.165) is 61.4 Å². The first-order valence-electron chi connectivity index (χ1n) is 11.7. The Bertz CT molecular complexity index is 1160. The molecule has 2 N–H and O–H groups in total. The van der Waals surface area contributed by atoms with Gasteiger partial charge in [-0.1, -0.05) is 12.1 Å². The molecule has 33 heavy (non-hydrogen) atoms. The molecule has 7 heteroatoms. The highest BCUT2D eigenvalue weighted by Crippen LogP contribution is 2.31. The van der Waals surface area contributed by atoms with Crippen LogP contribution >= 0.6 is 0 Å².